The fourth-order valence-corrected chi connectivity index (χ4v) is 2.36. The molecule has 1 amide bonds. The average molecular weight is 292 g/mol. The van der Waals surface area contributed by atoms with Gasteiger partial charge >= 0.3 is 0 Å². The van der Waals surface area contributed by atoms with Gasteiger partial charge in [-0.15, -0.1) is 0 Å². The molecular weight excluding hydrogens is 276 g/mol. The molecule has 0 fully saturated rings. The van der Waals surface area contributed by atoms with Crippen molar-refractivity contribution in [3.05, 3.63) is 83.7 Å². The van der Waals surface area contributed by atoms with Crippen LogP contribution in [0, 0.1) is 6.92 Å². The monoisotopic (exact) mass is 292 g/mol. The summed E-state index contributed by atoms with van der Waals surface area (Å²) in [4.78, 5) is 14.5. The molecule has 0 radical (unpaired) electrons. The molecule has 3 rings (SSSR count). The van der Waals surface area contributed by atoms with E-state index in [1.165, 1.54) is 6.20 Å². The van der Waals surface area contributed by atoms with Gasteiger partial charge in [-0.25, -0.2) is 0 Å². The van der Waals surface area contributed by atoms with Crippen molar-refractivity contribution in [3.8, 4) is 0 Å². The van der Waals surface area contributed by atoms with Crippen molar-refractivity contribution in [2.45, 2.75) is 13.5 Å². The SMILES string of the molecule is Cc1ccccc1N(Cc1ccccc1)C(=O)c1ccno1. The van der Waals surface area contributed by atoms with E-state index in [9.17, 15) is 4.79 Å². The molecule has 0 aliphatic rings. The summed E-state index contributed by atoms with van der Waals surface area (Å²) < 4.78 is 5.03. The Morgan fingerprint density at radius 2 is 1.77 bits per heavy atom. The van der Waals surface area contributed by atoms with Crippen LogP contribution < -0.4 is 4.90 Å². The second-order valence-electron chi connectivity index (χ2n) is 5.04. The number of carbonyl (C=O) groups is 1. The number of aryl methyl sites for hydroxylation is 1. The molecule has 0 saturated heterocycles. The van der Waals surface area contributed by atoms with E-state index >= 15 is 0 Å². The lowest BCUT2D eigenvalue weighted by molar-refractivity contribution is 0.0949. The average Bonchev–Trinajstić information content (AvgIpc) is 3.08. The van der Waals surface area contributed by atoms with Crippen LogP contribution in [0.25, 0.3) is 0 Å². The molecule has 4 nitrogen and oxygen atoms in total. The summed E-state index contributed by atoms with van der Waals surface area (Å²) in [6.45, 7) is 2.46. The highest BCUT2D eigenvalue weighted by molar-refractivity contribution is 6.04. The summed E-state index contributed by atoms with van der Waals surface area (Å²) in [5.74, 6) is 0.0369. The molecule has 0 saturated carbocycles. The van der Waals surface area contributed by atoms with Crippen LogP contribution in [0.15, 0.2) is 71.4 Å². The third-order valence-corrected chi connectivity index (χ3v) is 3.48. The molecule has 3 aromatic rings. The van der Waals surface area contributed by atoms with E-state index in [1.807, 2.05) is 61.5 Å². The second-order valence-corrected chi connectivity index (χ2v) is 5.04. The van der Waals surface area contributed by atoms with Crippen LogP contribution in [0.1, 0.15) is 21.7 Å². The highest BCUT2D eigenvalue weighted by Gasteiger charge is 2.22. The number of anilines is 1. The van der Waals surface area contributed by atoms with E-state index in [2.05, 4.69) is 5.16 Å². The summed E-state index contributed by atoms with van der Waals surface area (Å²) in [6.07, 6.45) is 1.48. The van der Waals surface area contributed by atoms with Gasteiger partial charge in [0, 0.05) is 11.8 Å². The van der Waals surface area contributed by atoms with Gasteiger partial charge in [0.25, 0.3) is 5.91 Å². The number of benzene rings is 2. The van der Waals surface area contributed by atoms with E-state index in [4.69, 9.17) is 4.52 Å². The van der Waals surface area contributed by atoms with Gasteiger partial charge in [0.2, 0.25) is 5.76 Å². The van der Waals surface area contributed by atoms with Crippen molar-refractivity contribution in [1.82, 2.24) is 5.16 Å². The largest absolute Gasteiger partial charge is 0.351 e. The lowest BCUT2D eigenvalue weighted by Crippen LogP contribution is -2.30. The van der Waals surface area contributed by atoms with E-state index in [0.29, 0.717) is 6.54 Å². The van der Waals surface area contributed by atoms with Crippen LogP contribution in [0.4, 0.5) is 5.69 Å². The van der Waals surface area contributed by atoms with Crippen molar-refractivity contribution in [1.29, 1.82) is 0 Å². The van der Waals surface area contributed by atoms with Gasteiger partial charge in [0.1, 0.15) is 0 Å². The van der Waals surface area contributed by atoms with Gasteiger partial charge in [-0.3, -0.25) is 4.79 Å². The number of hydrogen-bond acceptors (Lipinski definition) is 3. The maximum atomic E-state index is 12.8. The standard InChI is InChI=1S/C18H16N2O2/c1-14-7-5-6-10-16(14)20(13-15-8-3-2-4-9-15)18(21)17-11-12-19-22-17/h2-12H,13H2,1H3. The fraction of sp³-hybridized carbons (Fsp3) is 0.111. The third kappa shape index (κ3) is 2.91. The van der Waals surface area contributed by atoms with E-state index in [1.54, 1.807) is 11.0 Å². The van der Waals surface area contributed by atoms with E-state index in [0.717, 1.165) is 16.8 Å². The minimum Gasteiger partial charge on any atom is -0.351 e. The topological polar surface area (TPSA) is 46.3 Å². The van der Waals surface area contributed by atoms with Crippen LogP contribution in [0.2, 0.25) is 0 Å². The number of hydrogen-bond donors (Lipinski definition) is 0. The van der Waals surface area contributed by atoms with Crippen molar-refractivity contribution in [2.75, 3.05) is 4.90 Å². The Labute approximate surface area is 129 Å². The lowest BCUT2D eigenvalue weighted by Gasteiger charge is -2.23. The fourth-order valence-electron chi connectivity index (χ4n) is 2.36. The van der Waals surface area contributed by atoms with Crippen molar-refractivity contribution in [2.24, 2.45) is 0 Å². The summed E-state index contributed by atoms with van der Waals surface area (Å²) >= 11 is 0. The molecule has 0 bridgehead atoms. The first-order valence-electron chi connectivity index (χ1n) is 7.08. The summed E-state index contributed by atoms with van der Waals surface area (Å²) in [6, 6.07) is 19.3. The van der Waals surface area contributed by atoms with Gasteiger partial charge in [-0.05, 0) is 24.1 Å². The van der Waals surface area contributed by atoms with Crippen LogP contribution in [-0.4, -0.2) is 11.1 Å². The molecule has 0 atom stereocenters. The Balaban J connectivity index is 1.99. The quantitative estimate of drug-likeness (QED) is 0.734. The van der Waals surface area contributed by atoms with Crippen LogP contribution in [0.3, 0.4) is 0 Å². The van der Waals surface area contributed by atoms with Crippen LogP contribution in [0.5, 0.6) is 0 Å². The zero-order valence-corrected chi connectivity index (χ0v) is 12.3. The number of nitrogens with zero attached hydrogens (tertiary/aromatic N) is 2. The lowest BCUT2D eigenvalue weighted by atomic mass is 10.1. The molecule has 0 aliphatic heterocycles. The zero-order chi connectivity index (χ0) is 15.4. The number of aromatic nitrogens is 1. The van der Waals surface area contributed by atoms with Gasteiger partial charge in [-0.2, -0.15) is 0 Å². The van der Waals surface area contributed by atoms with Gasteiger partial charge in [0.15, 0.2) is 0 Å². The van der Waals surface area contributed by atoms with E-state index in [-0.39, 0.29) is 11.7 Å². The first kappa shape index (κ1) is 14.1. The molecule has 0 N–H and O–H groups in total. The molecule has 1 aromatic heterocycles. The van der Waals surface area contributed by atoms with Crippen molar-refractivity contribution < 1.29 is 9.32 Å². The first-order valence-corrected chi connectivity index (χ1v) is 7.08. The maximum Gasteiger partial charge on any atom is 0.297 e. The predicted molar refractivity (Wildman–Crippen MR) is 84.6 cm³/mol. The second kappa shape index (κ2) is 6.26. The number of amides is 1. The Morgan fingerprint density at radius 3 is 2.45 bits per heavy atom. The molecule has 1 heterocycles. The summed E-state index contributed by atoms with van der Waals surface area (Å²) in [5, 5.41) is 3.63. The Hall–Kier alpha value is -2.88. The van der Waals surface area contributed by atoms with Crippen molar-refractivity contribution >= 4 is 11.6 Å². The first-order chi connectivity index (χ1) is 10.8. The maximum absolute atomic E-state index is 12.8. The highest BCUT2D eigenvalue weighted by atomic mass is 16.5. The Morgan fingerprint density at radius 1 is 1.05 bits per heavy atom. The van der Waals surface area contributed by atoms with Crippen molar-refractivity contribution in [3.63, 3.8) is 0 Å². The molecule has 2 aromatic carbocycles. The molecule has 22 heavy (non-hydrogen) atoms. The molecule has 4 heteroatoms. The molecule has 110 valence electrons. The molecular formula is C18H16N2O2. The smallest absolute Gasteiger partial charge is 0.297 e. The summed E-state index contributed by atoms with van der Waals surface area (Å²) in [5.41, 5.74) is 2.96. The normalized spacial score (nSPS) is 10.4. The minimum atomic E-state index is -0.198. The Bertz CT molecular complexity index is 752. The van der Waals surface area contributed by atoms with Gasteiger partial charge in [0.05, 0.1) is 12.7 Å². The van der Waals surface area contributed by atoms with Crippen LogP contribution >= 0.6 is 0 Å². The third-order valence-electron chi connectivity index (χ3n) is 3.48. The molecule has 0 aliphatic carbocycles. The number of carbonyl (C=O) groups excluding carboxylic acids is 1. The van der Waals surface area contributed by atoms with Gasteiger partial charge < -0.3 is 9.42 Å². The summed E-state index contributed by atoms with van der Waals surface area (Å²) in [7, 11) is 0. The predicted octanol–water partition coefficient (Wildman–Crippen LogP) is 3.83. The van der Waals surface area contributed by atoms with Gasteiger partial charge in [-0.1, -0.05) is 53.7 Å². The van der Waals surface area contributed by atoms with E-state index < -0.39 is 0 Å². The zero-order valence-electron chi connectivity index (χ0n) is 12.3. The Kier molecular flexibility index (Phi) is 4.01. The number of rotatable bonds is 4. The van der Waals surface area contributed by atoms with Crippen LogP contribution in [-0.2, 0) is 6.54 Å². The highest BCUT2D eigenvalue weighted by Crippen LogP contribution is 2.23. The molecule has 0 spiro atoms. The number of para-hydroxylation sites is 1. The molecule has 0 unspecified atom stereocenters. The minimum absolute atomic E-state index is 0.198.